The Balaban J connectivity index is 1.50. The number of hydrogen-bond acceptors (Lipinski definition) is 5. The fourth-order valence-electron chi connectivity index (χ4n) is 3.83. The van der Waals surface area contributed by atoms with Crippen LogP contribution in [0.25, 0.3) is 5.65 Å². The molecule has 0 bridgehead atoms. The molecule has 160 valence electrons. The highest BCUT2D eigenvalue weighted by Gasteiger charge is 2.48. The van der Waals surface area contributed by atoms with Crippen LogP contribution >= 0.6 is 15.9 Å². The van der Waals surface area contributed by atoms with Crippen molar-refractivity contribution in [1.82, 2.24) is 24.9 Å². The minimum absolute atomic E-state index is 0.103. The molecule has 0 saturated carbocycles. The maximum atomic E-state index is 13.0. The highest BCUT2D eigenvalue weighted by atomic mass is 79.9. The van der Waals surface area contributed by atoms with Crippen LogP contribution in [0.4, 0.5) is 4.79 Å². The second-order valence-corrected chi connectivity index (χ2v) is 8.38. The quantitative estimate of drug-likeness (QED) is 0.426. The molecule has 0 unspecified atom stereocenters. The van der Waals surface area contributed by atoms with E-state index in [1.165, 1.54) is 12.0 Å². The molecule has 4 heterocycles. The minimum atomic E-state index is -1.59. The molecule has 1 atom stereocenters. The standard InChI is InChI=1S/C22H16BrN5O4/c1-32-16-4-2-13-10-27(19(29)17(13)8-16)12-22(20(30)25-21(31)26-22)7-6-15-9-24-18-5-3-14(23)11-28(15)18/h2-5,8-9,11H,10,12H2,1H3,(H2,25,26,30,31)/t22-/m1/s1. The second kappa shape index (κ2) is 7.39. The number of pyridine rings is 1. The highest BCUT2D eigenvalue weighted by Crippen LogP contribution is 2.28. The third-order valence-electron chi connectivity index (χ3n) is 5.44. The van der Waals surface area contributed by atoms with Crippen LogP contribution in [0, 0.1) is 11.8 Å². The summed E-state index contributed by atoms with van der Waals surface area (Å²) < 4.78 is 7.81. The first-order chi connectivity index (χ1) is 15.4. The number of aromatic nitrogens is 2. The van der Waals surface area contributed by atoms with Crippen LogP contribution < -0.4 is 15.4 Å². The van der Waals surface area contributed by atoms with Crippen molar-refractivity contribution in [1.29, 1.82) is 0 Å². The molecule has 1 saturated heterocycles. The van der Waals surface area contributed by atoms with Crippen LogP contribution in [-0.2, 0) is 11.3 Å². The van der Waals surface area contributed by atoms with Crippen LogP contribution in [0.5, 0.6) is 5.75 Å². The Morgan fingerprint density at radius 1 is 1.25 bits per heavy atom. The molecule has 10 heteroatoms. The van der Waals surface area contributed by atoms with Gasteiger partial charge in [-0.3, -0.25) is 19.3 Å². The molecule has 5 rings (SSSR count). The summed E-state index contributed by atoms with van der Waals surface area (Å²) in [6.07, 6.45) is 3.39. The largest absolute Gasteiger partial charge is 0.497 e. The number of nitrogens with one attached hydrogen (secondary N) is 2. The first-order valence-electron chi connectivity index (χ1n) is 9.64. The van der Waals surface area contributed by atoms with Crippen molar-refractivity contribution in [2.75, 3.05) is 13.7 Å². The van der Waals surface area contributed by atoms with E-state index >= 15 is 0 Å². The monoisotopic (exact) mass is 493 g/mol. The summed E-state index contributed by atoms with van der Waals surface area (Å²) in [7, 11) is 1.53. The third kappa shape index (κ3) is 3.27. The summed E-state index contributed by atoms with van der Waals surface area (Å²) in [6.45, 7) is 0.196. The number of amides is 4. The van der Waals surface area contributed by atoms with Gasteiger partial charge in [0.15, 0.2) is 0 Å². The summed E-state index contributed by atoms with van der Waals surface area (Å²) in [5.74, 6) is 5.56. The zero-order chi connectivity index (χ0) is 22.5. The lowest BCUT2D eigenvalue weighted by molar-refractivity contribution is -0.122. The molecule has 4 amide bonds. The summed E-state index contributed by atoms with van der Waals surface area (Å²) in [6, 6.07) is 8.28. The number of urea groups is 1. The van der Waals surface area contributed by atoms with E-state index in [2.05, 4.69) is 43.4 Å². The van der Waals surface area contributed by atoms with Gasteiger partial charge in [0.25, 0.3) is 11.8 Å². The molecule has 2 N–H and O–H groups in total. The maximum Gasteiger partial charge on any atom is 0.323 e. The van der Waals surface area contributed by atoms with Gasteiger partial charge in [-0.25, -0.2) is 9.78 Å². The number of fused-ring (bicyclic) bond motifs is 2. The second-order valence-electron chi connectivity index (χ2n) is 7.47. The summed E-state index contributed by atoms with van der Waals surface area (Å²) in [5, 5.41) is 4.84. The molecule has 2 aliphatic heterocycles. The Morgan fingerprint density at radius 3 is 2.84 bits per heavy atom. The molecule has 0 radical (unpaired) electrons. The Hall–Kier alpha value is -3.84. The predicted molar refractivity (Wildman–Crippen MR) is 117 cm³/mol. The van der Waals surface area contributed by atoms with E-state index in [1.54, 1.807) is 28.9 Å². The average Bonchev–Trinajstić information content (AvgIpc) is 3.40. The Labute approximate surface area is 190 Å². The van der Waals surface area contributed by atoms with Gasteiger partial charge in [0.2, 0.25) is 5.54 Å². The average molecular weight is 494 g/mol. The number of imidazole rings is 1. The summed E-state index contributed by atoms with van der Waals surface area (Å²) in [5.41, 5.74) is 0.953. The molecule has 3 aromatic rings. The Kier molecular flexibility index (Phi) is 4.64. The normalized spacial score (nSPS) is 19.4. The van der Waals surface area contributed by atoms with Crippen molar-refractivity contribution in [3.05, 3.63) is 64.0 Å². The van der Waals surface area contributed by atoms with Gasteiger partial charge < -0.3 is 15.0 Å². The van der Waals surface area contributed by atoms with Crippen molar-refractivity contribution < 1.29 is 19.1 Å². The van der Waals surface area contributed by atoms with Gasteiger partial charge in [0.05, 0.1) is 19.9 Å². The molecule has 32 heavy (non-hydrogen) atoms. The van der Waals surface area contributed by atoms with Crippen LogP contribution in [0.15, 0.2) is 47.2 Å². The number of benzene rings is 1. The van der Waals surface area contributed by atoms with E-state index in [4.69, 9.17) is 4.74 Å². The van der Waals surface area contributed by atoms with Gasteiger partial charge in [0.1, 0.15) is 17.1 Å². The number of rotatable bonds is 3. The van der Waals surface area contributed by atoms with Crippen molar-refractivity contribution in [2.24, 2.45) is 0 Å². The molecule has 0 aliphatic carbocycles. The lowest BCUT2D eigenvalue weighted by Crippen LogP contribution is -2.54. The molecular formula is C22H16BrN5O4. The van der Waals surface area contributed by atoms with E-state index in [0.29, 0.717) is 29.2 Å². The number of carbonyl (C=O) groups is 3. The van der Waals surface area contributed by atoms with Gasteiger partial charge >= 0.3 is 6.03 Å². The number of carbonyl (C=O) groups excluding carboxylic acids is 3. The van der Waals surface area contributed by atoms with Crippen LogP contribution in [0.2, 0.25) is 0 Å². The number of ether oxygens (including phenoxy) is 1. The van der Waals surface area contributed by atoms with Gasteiger partial charge in [-0.1, -0.05) is 12.0 Å². The van der Waals surface area contributed by atoms with E-state index in [9.17, 15) is 14.4 Å². The first-order valence-corrected chi connectivity index (χ1v) is 10.4. The smallest absolute Gasteiger partial charge is 0.323 e. The van der Waals surface area contributed by atoms with Gasteiger partial charge in [-0.05, 0) is 51.7 Å². The van der Waals surface area contributed by atoms with Crippen molar-refractivity contribution in [3.63, 3.8) is 0 Å². The molecule has 1 fully saturated rings. The molecule has 2 aromatic heterocycles. The van der Waals surface area contributed by atoms with E-state index in [1.807, 2.05) is 18.2 Å². The molecule has 0 spiro atoms. The van der Waals surface area contributed by atoms with E-state index in [0.717, 1.165) is 10.0 Å². The zero-order valence-electron chi connectivity index (χ0n) is 16.8. The van der Waals surface area contributed by atoms with Gasteiger partial charge in [0, 0.05) is 22.8 Å². The third-order valence-corrected chi connectivity index (χ3v) is 5.91. The first kappa shape index (κ1) is 20.1. The fraction of sp³-hybridized carbons (Fsp3) is 0.182. The number of nitrogens with zero attached hydrogens (tertiary/aromatic N) is 3. The van der Waals surface area contributed by atoms with Crippen LogP contribution in [-0.4, -0.2) is 51.3 Å². The topological polar surface area (TPSA) is 105 Å². The summed E-state index contributed by atoms with van der Waals surface area (Å²) in [4.78, 5) is 43.5. The summed E-state index contributed by atoms with van der Waals surface area (Å²) >= 11 is 3.42. The van der Waals surface area contributed by atoms with Crippen molar-refractivity contribution >= 4 is 39.4 Å². The number of halogens is 1. The molecule has 9 nitrogen and oxygen atoms in total. The van der Waals surface area contributed by atoms with E-state index in [-0.39, 0.29) is 12.5 Å². The Morgan fingerprint density at radius 2 is 2.09 bits per heavy atom. The van der Waals surface area contributed by atoms with Gasteiger partial charge in [-0.15, -0.1) is 0 Å². The fourth-order valence-corrected chi connectivity index (χ4v) is 4.17. The SMILES string of the molecule is COc1ccc2c(c1)C(=O)N(C[C@@]1(C#Cc3cnc4ccc(Br)cn34)NC(=O)NC1=O)C2. The number of methoxy groups -OCH3 is 1. The van der Waals surface area contributed by atoms with Crippen molar-refractivity contribution in [2.45, 2.75) is 12.1 Å². The molecular weight excluding hydrogens is 478 g/mol. The van der Waals surface area contributed by atoms with E-state index < -0.39 is 17.5 Å². The lowest BCUT2D eigenvalue weighted by Gasteiger charge is -2.26. The highest BCUT2D eigenvalue weighted by molar-refractivity contribution is 9.10. The molecule has 2 aliphatic rings. The minimum Gasteiger partial charge on any atom is -0.497 e. The van der Waals surface area contributed by atoms with Crippen LogP contribution in [0.1, 0.15) is 21.6 Å². The Bertz CT molecular complexity index is 1370. The zero-order valence-corrected chi connectivity index (χ0v) is 18.4. The van der Waals surface area contributed by atoms with Gasteiger partial charge in [-0.2, -0.15) is 0 Å². The maximum absolute atomic E-state index is 13.0. The number of imide groups is 1. The van der Waals surface area contributed by atoms with Crippen LogP contribution in [0.3, 0.4) is 0 Å². The van der Waals surface area contributed by atoms with Crippen molar-refractivity contribution in [3.8, 4) is 17.6 Å². The lowest BCUT2D eigenvalue weighted by atomic mass is 9.99. The predicted octanol–water partition coefficient (Wildman–Crippen LogP) is 1.69. The number of hydrogen-bond donors (Lipinski definition) is 2. The molecule has 1 aromatic carbocycles.